The van der Waals surface area contributed by atoms with Crippen molar-refractivity contribution in [2.75, 3.05) is 0 Å². The van der Waals surface area contributed by atoms with Crippen molar-refractivity contribution in [3.05, 3.63) is 72.6 Å². The third kappa shape index (κ3) is 1.64. The lowest BCUT2D eigenvalue weighted by molar-refractivity contribution is 1.25. The first-order valence-electron chi connectivity index (χ1n) is 7.42. The van der Waals surface area contributed by atoms with E-state index in [2.05, 4.69) is 59.5 Å². The Morgan fingerprint density at radius 2 is 1.64 bits per heavy atom. The maximum Gasteiger partial charge on any atom is 0.146 e. The van der Waals surface area contributed by atoms with Gasteiger partial charge in [0.05, 0.1) is 16.9 Å². The number of imidazole rings is 1. The summed E-state index contributed by atoms with van der Waals surface area (Å²) in [6.07, 6.45) is 5.93. The van der Waals surface area contributed by atoms with Crippen molar-refractivity contribution in [2.45, 2.75) is 6.92 Å². The summed E-state index contributed by atoms with van der Waals surface area (Å²) in [5.74, 6) is 0. The number of pyridine rings is 1. The molecule has 0 spiro atoms. The maximum atomic E-state index is 4.86. The minimum absolute atomic E-state index is 0.957. The third-order valence-electron chi connectivity index (χ3n) is 4.06. The zero-order valence-electron chi connectivity index (χ0n) is 12.5. The molecule has 0 amide bonds. The van der Waals surface area contributed by atoms with E-state index >= 15 is 0 Å². The summed E-state index contributed by atoms with van der Waals surface area (Å²) < 4.78 is 2.21. The van der Waals surface area contributed by atoms with Gasteiger partial charge in [0.25, 0.3) is 0 Å². The standard InChI is InChI=1S/C20H16N2/c1-3-9-17-18(4-2)22-19-13-8-7-11-15(19)14-10-5-6-12-16(14)20(22)21-17/h3-13H,2H2,1H3/b9-3-. The highest BCUT2D eigenvalue weighted by molar-refractivity contribution is 6.12. The van der Waals surface area contributed by atoms with E-state index < -0.39 is 0 Å². The van der Waals surface area contributed by atoms with Crippen LogP contribution in [0.4, 0.5) is 0 Å². The minimum Gasteiger partial charge on any atom is -0.292 e. The fraction of sp³-hybridized carbons (Fsp3) is 0.0500. The van der Waals surface area contributed by atoms with Crippen LogP contribution >= 0.6 is 0 Å². The predicted octanol–water partition coefficient (Wildman–Crippen LogP) is 5.32. The average Bonchev–Trinajstić information content (AvgIpc) is 2.94. The number of benzene rings is 2. The Kier molecular flexibility index (Phi) is 2.83. The Hall–Kier alpha value is -2.87. The molecule has 4 aromatic rings. The van der Waals surface area contributed by atoms with Crippen LogP contribution < -0.4 is 0 Å². The van der Waals surface area contributed by atoms with Crippen LogP contribution in [0.25, 0.3) is 39.5 Å². The molecule has 0 aliphatic rings. The van der Waals surface area contributed by atoms with Crippen LogP contribution in [0.3, 0.4) is 0 Å². The van der Waals surface area contributed by atoms with Gasteiger partial charge in [0.1, 0.15) is 5.65 Å². The van der Waals surface area contributed by atoms with Gasteiger partial charge in [-0.25, -0.2) is 4.98 Å². The molecule has 2 aromatic carbocycles. The predicted molar refractivity (Wildman–Crippen MR) is 95.0 cm³/mol. The lowest BCUT2D eigenvalue weighted by atomic mass is 10.1. The normalized spacial score (nSPS) is 11.9. The van der Waals surface area contributed by atoms with Gasteiger partial charge in [0, 0.05) is 10.8 Å². The van der Waals surface area contributed by atoms with Crippen LogP contribution in [0.1, 0.15) is 18.3 Å². The van der Waals surface area contributed by atoms with Gasteiger partial charge in [0.2, 0.25) is 0 Å². The average molecular weight is 284 g/mol. The molecular formula is C20H16N2. The number of allylic oxidation sites excluding steroid dienone is 1. The lowest BCUT2D eigenvalue weighted by Gasteiger charge is -2.09. The molecule has 0 aliphatic heterocycles. The molecule has 0 atom stereocenters. The Bertz CT molecular complexity index is 1050. The highest BCUT2D eigenvalue weighted by Gasteiger charge is 2.14. The van der Waals surface area contributed by atoms with Gasteiger partial charge < -0.3 is 0 Å². The van der Waals surface area contributed by atoms with E-state index in [-0.39, 0.29) is 0 Å². The zero-order valence-corrected chi connectivity index (χ0v) is 12.5. The largest absolute Gasteiger partial charge is 0.292 e. The number of fused-ring (bicyclic) bond motifs is 6. The SMILES string of the molecule is C=Cc1c(/C=C\C)nc2c3ccccc3c3ccccc3n12. The molecule has 22 heavy (non-hydrogen) atoms. The van der Waals surface area contributed by atoms with Crippen LogP contribution in [-0.4, -0.2) is 9.38 Å². The van der Waals surface area contributed by atoms with Crippen molar-refractivity contribution < 1.29 is 0 Å². The van der Waals surface area contributed by atoms with E-state index in [0.717, 1.165) is 22.6 Å². The summed E-state index contributed by atoms with van der Waals surface area (Å²) in [6, 6.07) is 16.9. The van der Waals surface area contributed by atoms with Crippen molar-refractivity contribution in [1.29, 1.82) is 0 Å². The van der Waals surface area contributed by atoms with Crippen LogP contribution in [0.5, 0.6) is 0 Å². The van der Waals surface area contributed by atoms with Gasteiger partial charge in [-0.15, -0.1) is 0 Å². The summed E-state index contributed by atoms with van der Waals surface area (Å²) in [5.41, 5.74) is 4.14. The highest BCUT2D eigenvalue weighted by atomic mass is 15.0. The van der Waals surface area contributed by atoms with Crippen molar-refractivity contribution in [3.63, 3.8) is 0 Å². The number of nitrogens with zero attached hydrogens (tertiary/aromatic N) is 2. The molecule has 4 rings (SSSR count). The first kappa shape index (κ1) is 12.8. The van der Waals surface area contributed by atoms with E-state index in [9.17, 15) is 0 Å². The van der Waals surface area contributed by atoms with E-state index in [1.54, 1.807) is 0 Å². The molecule has 0 saturated carbocycles. The second-order valence-electron chi connectivity index (χ2n) is 5.31. The van der Waals surface area contributed by atoms with E-state index in [1.165, 1.54) is 16.2 Å². The van der Waals surface area contributed by atoms with Crippen molar-refractivity contribution >= 4 is 39.5 Å². The molecule has 0 N–H and O–H groups in total. The second-order valence-corrected chi connectivity index (χ2v) is 5.31. The molecule has 106 valence electrons. The first-order chi connectivity index (χ1) is 10.8. The van der Waals surface area contributed by atoms with Gasteiger partial charge in [-0.3, -0.25) is 4.40 Å². The van der Waals surface area contributed by atoms with Crippen molar-refractivity contribution in [3.8, 4) is 0 Å². The fourth-order valence-corrected chi connectivity index (χ4v) is 3.16. The monoisotopic (exact) mass is 284 g/mol. The molecule has 0 fully saturated rings. The molecule has 2 heterocycles. The van der Waals surface area contributed by atoms with E-state index in [1.807, 2.05) is 25.2 Å². The molecule has 0 saturated heterocycles. The molecule has 0 aliphatic carbocycles. The maximum absolute atomic E-state index is 4.86. The number of hydrogen-bond acceptors (Lipinski definition) is 1. The summed E-state index contributed by atoms with van der Waals surface area (Å²) in [7, 11) is 0. The lowest BCUT2D eigenvalue weighted by Crippen LogP contribution is -1.93. The van der Waals surface area contributed by atoms with Gasteiger partial charge in [0.15, 0.2) is 0 Å². The first-order valence-corrected chi connectivity index (χ1v) is 7.42. The Labute approximate surface area is 129 Å². The minimum atomic E-state index is 0.957. The van der Waals surface area contributed by atoms with Gasteiger partial charge >= 0.3 is 0 Å². The second kappa shape index (κ2) is 4.85. The fourth-order valence-electron chi connectivity index (χ4n) is 3.16. The topological polar surface area (TPSA) is 17.3 Å². The number of para-hydroxylation sites is 1. The molecule has 2 heteroatoms. The third-order valence-corrected chi connectivity index (χ3v) is 4.06. The Balaban J connectivity index is 2.38. The molecule has 0 radical (unpaired) electrons. The zero-order chi connectivity index (χ0) is 15.1. The Morgan fingerprint density at radius 1 is 0.955 bits per heavy atom. The van der Waals surface area contributed by atoms with Crippen LogP contribution in [0.2, 0.25) is 0 Å². The smallest absolute Gasteiger partial charge is 0.146 e. The van der Waals surface area contributed by atoms with Gasteiger partial charge in [-0.05, 0) is 30.5 Å². The number of rotatable bonds is 2. The molecular weight excluding hydrogens is 268 g/mol. The molecule has 0 bridgehead atoms. The summed E-state index contributed by atoms with van der Waals surface area (Å²) in [6.45, 7) is 6.00. The van der Waals surface area contributed by atoms with Crippen molar-refractivity contribution in [2.24, 2.45) is 0 Å². The van der Waals surface area contributed by atoms with Crippen LogP contribution in [0, 0.1) is 0 Å². The summed E-state index contributed by atoms with van der Waals surface area (Å²) in [4.78, 5) is 4.86. The molecule has 0 unspecified atom stereocenters. The Morgan fingerprint density at radius 3 is 2.36 bits per heavy atom. The van der Waals surface area contributed by atoms with Gasteiger partial charge in [-0.1, -0.05) is 55.1 Å². The van der Waals surface area contributed by atoms with Crippen LogP contribution in [-0.2, 0) is 0 Å². The van der Waals surface area contributed by atoms with E-state index in [0.29, 0.717) is 0 Å². The van der Waals surface area contributed by atoms with Gasteiger partial charge in [-0.2, -0.15) is 0 Å². The molecule has 2 nitrogen and oxygen atoms in total. The van der Waals surface area contributed by atoms with E-state index in [4.69, 9.17) is 4.98 Å². The van der Waals surface area contributed by atoms with Crippen LogP contribution in [0.15, 0.2) is 61.2 Å². The highest BCUT2D eigenvalue weighted by Crippen LogP contribution is 2.31. The number of aromatic nitrogens is 2. The summed E-state index contributed by atoms with van der Waals surface area (Å²) >= 11 is 0. The quantitative estimate of drug-likeness (QED) is 0.455. The number of hydrogen-bond donors (Lipinski definition) is 0. The molecule has 2 aromatic heterocycles. The summed E-state index contributed by atoms with van der Waals surface area (Å²) in [5, 5.41) is 3.64. The van der Waals surface area contributed by atoms with Crippen molar-refractivity contribution in [1.82, 2.24) is 9.38 Å².